The number of aromatic nitrogens is 7. The van der Waals surface area contributed by atoms with E-state index in [4.69, 9.17) is 4.74 Å². The van der Waals surface area contributed by atoms with Crippen molar-refractivity contribution in [1.82, 2.24) is 34.3 Å². The molecule has 5 aromatic rings. The third-order valence-corrected chi connectivity index (χ3v) is 6.17. The Bertz CT molecular complexity index is 1660. The van der Waals surface area contributed by atoms with E-state index in [1.54, 1.807) is 53.5 Å². The number of halogens is 1. The van der Waals surface area contributed by atoms with Crippen LogP contribution in [0.4, 0.5) is 15.0 Å². The summed E-state index contributed by atoms with van der Waals surface area (Å²) in [5.41, 5.74) is 2.05. The first-order valence-electron chi connectivity index (χ1n) is 11.2. The summed E-state index contributed by atoms with van der Waals surface area (Å²) in [6.07, 6.45) is 5.63. The van der Waals surface area contributed by atoms with Crippen LogP contribution in [0.3, 0.4) is 0 Å². The Morgan fingerprint density at radius 3 is 2.83 bits per heavy atom. The minimum absolute atomic E-state index is 0.0229. The van der Waals surface area contributed by atoms with Crippen molar-refractivity contribution in [2.24, 2.45) is 0 Å². The lowest BCUT2D eigenvalue weighted by molar-refractivity contribution is 0.178. The van der Waals surface area contributed by atoms with Crippen LogP contribution in [-0.2, 0) is 11.3 Å². The number of aromatic amines is 1. The molecule has 0 aliphatic carbocycles. The number of benzene rings is 1. The summed E-state index contributed by atoms with van der Waals surface area (Å²) in [5, 5.41) is 10.7. The van der Waals surface area contributed by atoms with Crippen molar-refractivity contribution in [3.8, 4) is 22.5 Å². The van der Waals surface area contributed by atoms with Gasteiger partial charge in [0.25, 0.3) is 5.56 Å². The second kappa shape index (κ2) is 8.41. The number of hydrogen-bond donors (Lipinski definition) is 1. The van der Waals surface area contributed by atoms with Gasteiger partial charge in [0.2, 0.25) is 0 Å². The number of cyclic esters (lactones) is 1. The van der Waals surface area contributed by atoms with Gasteiger partial charge in [-0.15, -0.1) is 0 Å². The number of pyridine rings is 1. The number of carbonyl (C=O) groups is 1. The van der Waals surface area contributed by atoms with E-state index < -0.39 is 18.0 Å². The van der Waals surface area contributed by atoms with Crippen LogP contribution in [0.15, 0.2) is 66.1 Å². The molecule has 0 bridgehead atoms. The summed E-state index contributed by atoms with van der Waals surface area (Å²) < 4.78 is 23.3. The Morgan fingerprint density at radius 2 is 2.06 bits per heavy atom. The smallest absolute Gasteiger partial charge is 0.416 e. The van der Waals surface area contributed by atoms with E-state index >= 15 is 0 Å². The predicted molar refractivity (Wildman–Crippen MR) is 127 cm³/mol. The molecule has 180 valence electrons. The van der Waals surface area contributed by atoms with Crippen LogP contribution in [0.5, 0.6) is 0 Å². The monoisotopic (exact) mass is 486 g/mol. The largest absolute Gasteiger partial charge is 0.447 e. The number of nitrogens with zero attached hydrogens (tertiary/aromatic N) is 7. The van der Waals surface area contributed by atoms with Gasteiger partial charge in [-0.3, -0.25) is 14.8 Å². The maximum atomic E-state index is 14.9. The number of rotatable bonds is 5. The summed E-state index contributed by atoms with van der Waals surface area (Å²) in [6.45, 7) is 2.40. The van der Waals surface area contributed by atoms with Crippen LogP contribution in [0, 0.1) is 5.82 Å². The average Bonchev–Trinajstić information content (AvgIpc) is 3.64. The Hall–Kier alpha value is -4.87. The van der Waals surface area contributed by atoms with E-state index in [9.17, 15) is 14.0 Å². The van der Waals surface area contributed by atoms with Gasteiger partial charge in [0.1, 0.15) is 30.6 Å². The van der Waals surface area contributed by atoms with Crippen LogP contribution in [0.25, 0.3) is 28.2 Å². The van der Waals surface area contributed by atoms with Crippen molar-refractivity contribution in [2.75, 3.05) is 11.5 Å². The molecule has 11 nitrogen and oxygen atoms in total. The van der Waals surface area contributed by atoms with Crippen LogP contribution >= 0.6 is 0 Å². The van der Waals surface area contributed by atoms with Crippen LogP contribution in [-0.4, -0.2) is 47.0 Å². The zero-order chi connectivity index (χ0) is 24.8. The molecule has 1 aromatic carbocycles. The van der Waals surface area contributed by atoms with Crippen LogP contribution in [0.1, 0.15) is 18.5 Å². The number of carbonyl (C=O) groups excluding carboxylic acids is 1. The quantitative estimate of drug-likeness (QED) is 0.405. The van der Waals surface area contributed by atoms with Crippen molar-refractivity contribution in [1.29, 1.82) is 0 Å². The second-order valence-corrected chi connectivity index (χ2v) is 8.16. The van der Waals surface area contributed by atoms with Crippen LogP contribution in [0.2, 0.25) is 0 Å². The fourth-order valence-electron chi connectivity index (χ4n) is 4.37. The molecule has 1 N–H and O–H groups in total. The number of fused-ring (bicyclic) bond motifs is 1. The number of nitrogens with one attached hydrogen (secondary N) is 1. The molecule has 6 rings (SSSR count). The number of hydrogen-bond acceptors (Lipinski definition) is 7. The average molecular weight is 486 g/mol. The Kier molecular flexibility index (Phi) is 5.06. The van der Waals surface area contributed by atoms with E-state index in [0.717, 1.165) is 0 Å². The SMILES string of the molecule is CCn1cccc([C@H]2COC(=O)N2c2ccn3ncc(-c4ccc(-c5ncn[nH]5)c(F)c4)c3n2)c1=O. The molecule has 0 saturated carbocycles. The molecule has 1 atom stereocenters. The molecule has 0 radical (unpaired) electrons. The highest BCUT2D eigenvalue weighted by Crippen LogP contribution is 2.33. The van der Waals surface area contributed by atoms with Gasteiger partial charge in [-0.05, 0) is 42.8 Å². The highest BCUT2D eigenvalue weighted by molar-refractivity contribution is 5.90. The molecule has 12 heteroatoms. The summed E-state index contributed by atoms with van der Waals surface area (Å²) >= 11 is 0. The molecule has 1 aliphatic heterocycles. The molecule has 4 aromatic heterocycles. The van der Waals surface area contributed by atoms with Gasteiger partial charge in [0.05, 0.1) is 11.8 Å². The van der Waals surface area contributed by atoms with Crippen molar-refractivity contribution in [2.45, 2.75) is 19.5 Å². The van der Waals surface area contributed by atoms with Gasteiger partial charge in [-0.2, -0.15) is 10.2 Å². The Labute approximate surface area is 202 Å². The van der Waals surface area contributed by atoms with Gasteiger partial charge >= 0.3 is 6.09 Å². The Balaban J connectivity index is 1.42. The molecule has 1 aliphatic rings. The van der Waals surface area contributed by atoms with Crippen molar-refractivity contribution < 1.29 is 13.9 Å². The zero-order valence-electron chi connectivity index (χ0n) is 19.0. The van der Waals surface area contributed by atoms with Crippen LogP contribution < -0.4 is 10.5 Å². The fourth-order valence-corrected chi connectivity index (χ4v) is 4.37. The molecule has 0 spiro atoms. The van der Waals surface area contributed by atoms with E-state index in [0.29, 0.717) is 40.5 Å². The summed E-state index contributed by atoms with van der Waals surface area (Å²) in [5.74, 6) is 0.127. The lowest BCUT2D eigenvalue weighted by Crippen LogP contribution is -2.33. The van der Waals surface area contributed by atoms with Crippen molar-refractivity contribution in [3.05, 3.63) is 83.1 Å². The molecule has 5 heterocycles. The summed E-state index contributed by atoms with van der Waals surface area (Å²) in [6, 6.07) is 9.14. The van der Waals surface area contributed by atoms with Crippen molar-refractivity contribution in [3.63, 3.8) is 0 Å². The maximum absolute atomic E-state index is 14.9. The standard InChI is InChI=1S/C24H19FN8O3/c1-2-31-8-3-4-16(23(31)34)19-12-36-24(35)33(19)20-7-9-32-22(29-20)17(11-28-32)14-5-6-15(18(25)10-14)21-26-13-27-30-21/h3-11,13,19H,2,12H2,1H3,(H,26,27,30)/t19-/m1/s1. The normalized spacial score (nSPS) is 15.6. The highest BCUT2D eigenvalue weighted by atomic mass is 19.1. The van der Waals surface area contributed by atoms with E-state index in [1.807, 2.05) is 6.92 Å². The molecular formula is C24H19FN8O3. The summed E-state index contributed by atoms with van der Waals surface area (Å²) in [4.78, 5) is 35.6. The first-order valence-corrected chi connectivity index (χ1v) is 11.2. The second-order valence-electron chi connectivity index (χ2n) is 8.16. The molecule has 36 heavy (non-hydrogen) atoms. The third-order valence-electron chi connectivity index (χ3n) is 6.17. The predicted octanol–water partition coefficient (Wildman–Crippen LogP) is 3.20. The number of ether oxygens (including phenoxy) is 1. The van der Waals surface area contributed by atoms with Gasteiger partial charge in [-0.1, -0.05) is 6.07 Å². The number of aryl methyl sites for hydroxylation is 1. The van der Waals surface area contributed by atoms with Gasteiger partial charge in [0, 0.05) is 30.1 Å². The number of H-pyrrole nitrogens is 1. The molecule has 1 fully saturated rings. The Morgan fingerprint density at radius 1 is 1.17 bits per heavy atom. The third kappa shape index (κ3) is 3.42. The number of amides is 1. The molecule has 0 unspecified atom stereocenters. The lowest BCUT2D eigenvalue weighted by atomic mass is 10.1. The summed E-state index contributed by atoms with van der Waals surface area (Å²) in [7, 11) is 0. The molecular weight excluding hydrogens is 467 g/mol. The fraction of sp³-hybridized carbons (Fsp3) is 0.167. The van der Waals surface area contributed by atoms with E-state index in [-0.39, 0.29) is 17.7 Å². The van der Waals surface area contributed by atoms with Gasteiger partial charge < -0.3 is 9.30 Å². The topological polar surface area (TPSA) is 123 Å². The van der Waals surface area contributed by atoms with E-state index in [1.165, 1.54) is 21.8 Å². The first-order chi connectivity index (χ1) is 17.5. The van der Waals surface area contributed by atoms with Gasteiger partial charge in [-0.25, -0.2) is 23.7 Å². The minimum Gasteiger partial charge on any atom is -0.447 e. The molecule has 1 amide bonds. The highest BCUT2D eigenvalue weighted by Gasteiger charge is 2.38. The number of anilines is 1. The van der Waals surface area contributed by atoms with Crippen molar-refractivity contribution >= 4 is 17.6 Å². The van der Waals surface area contributed by atoms with E-state index in [2.05, 4.69) is 25.3 Å². The maximum Gasteiger partial charge on any atom is 0.416 e. The lowest BCUT2D eigenvalue weighted by Gasteiger charge is -2.21. The minimum atomic E-state index is -0.635. The first kappa shape index (κ1) is 21.6. The molecule has 1 saturated heterocycles. The zero-order valence-corrected chi connectivity index (χ0v) is 19.0. The van der Waals surface area contributed by atoms with Gasteiger partial charge in [0.15, 0.2) is 11.5 Å².